The van der Waals surface area contributed by atoms with E-state index < -0.39 is 305 Å². The predicted molar refractivity (Wildman–Crippen MR) is 429 cm³/mol. The molecule has 1 aromatic rings. The minimum Gasteiger partial charge on any atom is -0.463 e. The van der Waals surface area contributed by atoms with Crippen molar-refractivity contribution in [2.45, 2.75) is 274 Å². The lowest BCUT2D eigenvalue weighted by atomic mass is 9.94. The maximum absolute atomic E-state index is 14.1. The number of methoxy groups -OCH3 is 12. The van der Waals surface area contributed by atoms with E-state index in [0.29, 0.717) is 0 Å². The van der Waals surface area contributed by atoms with Crippen LogP contribution in [0.25, 0.3) is 10.4 Å². The van der Waals surface area contributed by atoms with E-state index >= 15 is 0 Å². The van der Waals surface area contributed by atoms with Crippen LogP contribution in [0.15, 0.2) is 35.4 Å². The average Bonchev–Trinajstić information content (AvgIpc) is 0.759. The molecule has 0 radical (unpaired) electrons. The van der Waals surface area contributed by atoms with Gasteiger partial charge in [0, 0.05) is 146 Å². The molecule has 0 aromatic heterocycles. The molecule has 1 aromatic carbocycles. The summed E-state index contributed by atoms with van der Waals surface area (Å²) in [5, 5.41) is 12.1. The van der Waals surface area contributed by atoms with E-state index in [2.05, 4.69) is 10.0 Å². The summed E-state index contributed by atoms with van der Waals surface area (Å²) in [4.78, 5) is 121. The number of esters is 9. The standard InChI is InChI=1S/C79H115Cl3N4O44/c1-33(87)108-29-45-50(57(99-12)49(85-86-84)71(117-45)130-78(83)79(80,81)82)124-72-64(104-17)58(100-13)51(42(118-72)26-96-9)125-73-65(105-18)59(101-14)52(43(119-73)27-97-10)126-74-66(106-19)60(102-15)53(44(120-74)28-98-11)127-75-67(107-20)61(103-16)54(48(121-75)32-111-70(95)41-24-22-21-23-25-41)128-76-69(116-40(8)94)63(114-38(6)92)56(47(123-76)31-110-35(3)89)129-77-68(115-39(7)93)62(113-37(5)91)55(112-36(4)90)46(122-77)30-109-34(2)88/h21-25,42-69,71-77,83H,26-32H2,1-20H3/t42-,43-,44?,45?,46-,47-,48?,49?,50+,51+,52+,53+,54+,55+,56+,57+,58?,59?,60-,61-,62?,63?,64?,65?,66?,67?,68?,69?,71?,72-,73+,74-,75-,76-,77+/m0/s1. The highest BCUT2D eigenvalue weighted by Crippen LogP contribution is 2.44. The maximum atomic E-state index is 14.1. The van der Waals surface area contributed by atoms with Crippen molar-refractivity contribution in [2.75, 3.05) is 132 Å². The van der Waals surface area contributed by atoms with Gasteiger partial charge in [-0.25, -0.2) is 4.79 Å². The minimum absolute atomic E-state index is 0.0896. The lowest BCUT2D eigenvalue weighted by Crippen LogP contribution is -2.69. The summed E-state index contributed by atoms with van der Waals surface area (Å²) < 4.78 is 215. The van der Waals surface area contributed by atoms with Crippen molar-refractivity contribution < 1.29 is 209 Å². The number of benzene rings is 1. The van der Waals surface area contributed by atoms with E-state index in [-0.39, 0.29) is 25.4 Å². The topological polar surface area (TPSA) is 549 Å². The van der Waals surface area contributed by atoms with Crippen molar-refractivity contribution in [3.05, 3.63) is 46.3 Å². The first-order chi connectivity index (χ1) is 61.9. The molecule has 1 N–H and O–H groups in total. The van der Waals surface area contributed by atoms with E-state index in [1.807, 2.05) is 0 Å². The molecule has 7 heterocycles. The van der Waals surface area contributed by atoms with E-state index in [4.69, 9.17) is 206 Å². The van der Waals surface area contributed by atoms with Crippen molar-refractivity contribution >= 4 is 94.4 Å². The number of ether oxygens (including phenoxy) is 35. The van der Waals surface area contributed by atoms with Crippen LogP contribution in [0.4, 0.5) is 0 Å². The molecule has 7 saturated heterocycles. The summed E-state index contributed by atoms with van der Waals surface area (Å²) in [7, 11) is 16.1. The molecule has 15 unspecified atom stereocenters. The van der Waals surface area contributed by atoms with Crippen LogP contribution < -0.4 is 0 Å². The van der Waals surface area contributed by atoms with Crippen molar-refractivity contribution in [1.29, 1.82) is 5.41 Å². The molecule has 35 atom stereocenters. The molecule has 130 heavy (non-hydrogen) atoms. The molecular formula is C79H115Cl3N4O44. The van der Waals surface area contributed by atoms with Crippen molar-refractivity contribution in [3.63, 3.8) is 0 Å². The van der Waals surface area contributed by atoms with E-state index in [9.17, 15) is 48.7 Å². The fraction of sp³-hybridized carbons (Fsp3) is 0.797. The maximum Gasteiger partial charge on any atom is 0.338 e. The Labute approximate surface area is 762 Å². The van der Waals surface area contributed by atoms with Crippen molar-refractivity contribution in [3.8, 4) is 0 Å². The molecule has 0 saturated carbocycles. The number of halogens is 3. The van der Waals surface area contributed by atoms with Crippen LogP contribution in [-0.2, 0) is 204 Å². The van der Waals surface area contributed by atoms with Gasteiger partial charge in [0.15, 0.2) is 68.3 Å². The van der Waals surface area contributed by atoms with Gasteiger partial charge in [-0.2, -0.15) is 0 Å². The van der Waals surface area contributed by atoms with Gasteiger partial charge in [0.1, 0.15) is 167 Å². The second-order valence-electron chi connectivity index (χ2n) is 30.0. The summed E-state index contributed by atoms with van der Waals surface area (Å²) in [6.45, 7) is 4.65. The van der Waals surface area contributed by atoms with Crippen LogP contribution in [0.1, 0.15) is 65.7 Å². The third-order valence-corrected chi connectivity index (χ3v) is 21.8. The highest BCUT2D eigenvalue weighted by molar-refractivity contribution is 6.76. The molecular weight excluding hydrogens is 1820 g/mol. The van der Waals surface area contributed by atoms with Gasteiger partial charge in [-0.3, -0.25) is 43.8 Å². The molecule has 51 heteroatoms. The quantitative estimate of drug-likeness (QED) is 0.0142. The van der Waals surface area contributed by atoms with Gasteiger partial charge in [0.05, 0.1) is 25.4 Å². The zero-order chi connectivity index (χ0) is 95.7. The normalized spacial score (nSPS) is 36.3. The Morgan fingerprint density at radius 2 is 0.562 bits per heavy atom. The van der Waals surface area contributed by atoms with Gasteiger partial charge < -0.3 is 166 Å². The minimum atomic E-state index is -2.40. The van der Waals surface area contributed by atoms with Crippen LogP contribution >= 0.6 is 34.8 Å². The molecule has 7 aliphatic heterocycles. The number of azide groups is 1. The number of carbonyl (C=O) groups is 9. The summed E-state index contributed by atoms with van der Waals surface area (Å²) in [5.41, 5.74) is 9.89. The van der Waals surface area contributed by atoms with Crippen LogP contribution in [0, 0.1) is 5.41 Å². The summed E-state index contributed by atoms with van der Waals surface area (Å²) >= 11 is 17.9. The van der Waals surface area contributed by atoms with Gasteiger partial charge in [-0.15, -0.1) is 0 Å². The Balaban J connectivity index is 1.11. The van der Waals surface area contributed by atoms with Crippen molar-refractivity contribution in [1.82, 2.24) is 0 Å². The number of rotatable bonds is 43. The van der Waals surface area contributed by atoms with Gasteiger partial charge in [0.25, 0.3) is 3.79 Å². The highest BCUT2D eigenvalue weighted by Gasteiger charge is 2.63. The van der Waals surface area contributed by atoms with Crippen LogP contribution in [-0.4, -0.2) is 410 Å². The van der Waals surface area contributed by atoms with E-state index in [0.717, 1.165) is 55.4 Å². The summed E-state index contributed by atoms with van der Waals surface area (Å²) in [6.07, 6.45) is -51.3. The smallest absolute Gasteiger partial charge is 0.338 e. The first-order valence-corrected chi connectivity index (χ1v) is 41.7. The van der Waals surface area contributed by atoms with E-state index in [1.54, 1.807) is 18.2 Å². The van der Waals surface area contributed by atoms with Crippen LogP contribution in [0.3, 0.4) is 0 Å². The number of nitrogens with one attached hydrogen (secondary N) is 1. The molecule has 7 fully saturated rings. The second-order valence-corrected chi connectivity index (χ2v) is 32.2. The number of nitrogens with zero attached hydrogens (tertiary/aromatic N) is 3. The lowest BCUT2D eigenvalue weighted by molar-refractivity contribution is -0.402. The van der Waals surface area contributed by atoms with Gasteiger partial charge in [-0.05, 0) is 17.7 Å². The Hall–Kier alpha value is -6.90. The van der Waals surface area contributed by atoms with Gasteiger partial charge >= 0.3 is 53.7 Å². The molecule has 48 nitrogen and oxygen atoms in total. The lowest BCUT2D eigenvalue weighted by Gasteiger charge is -2.52. The Morgan fingerprint density at radius 3 is 0.838 bits per heavy atom. The monoisotopic (exact) mass is 1930 g/mol. The Bertz CT molecular complexity index is 3860. The SMILES string of the molecule is COCC1O[C@@H](O[C@H]2C(OC)C(OC)[C@@H](O[C@H]3C(OC)C(OC)[C@H](O[C@@H]4C(COC(C)=O)OC(OC(=N)C(Cl)(Cl)Cl)C(N=[N+]=[N-])[C@H]4OC)O[C@H]3COC)O[C@H]2COC)C(OC)[C@@H](OC)[C@@H]1O[C@@H]1OC(COC(=O)c2ccccc2)[C@@H](O[C@@H]2O[C@@H](COC(C)=O)[C@@H](O[C@H]3O[C@@H](COC(C)=O)[C@@H](OC(C)=O)C(OC(C)=O)C3OC(C)=O)C(OC(C)=O)C2OC(C)=O)[C@H](OC)C1OC. The first-order valence-electron chi connectivity index (χ1n) is 40.5. The molecule has 7 aliphatic rings. The predicted octanol–water partition coefficient (Wildman–Crippen LogP) is 1.69. The van der Waals surface area contributed by atoms with Gasteiger partial charge in [-0.1, -0.05) is 58.1 Å². The first kappa shape index (κ1) is 108. The van der Waals surface area contributed by atoms with Crippen LogP contribution in [0.5, 0.6) is 0 Å². The molecule has 8 rings (SSSR count). The van der Waals surface area contributed by atoms with E-state index in [1.165, 1.54) is 97.5 Å². The molecule has 0 bridgehead atoms. The van der Waals surface area contributed by atoms with Crippen LogP contribution in [0.2, 0.25) is 0 Å². The molecule has 0 amide bonds. The molecule has 736 valence electrons. The highest BCUT2D eigenvalue weighted by atomic mass is 35.6. The largest absolute Gasteiger partial charge is 0.463 e. The number of hydrogen-bond donors (Lipinski definition) is 1. The fourth-order valence-corrected chi connectivity index (χ4v) is 16.1. The Morgan fingerprint density at radius 1 is 0.315 bits per heavy atom. The second kappa shape index (κ2) is 51.7. The fourth-order valence-electron chi connectivity index (χ4n) is 16.0. The van der Waals surface area contributed by atoms with Gasteiger partial charge in [0.2, 0.25) is 12.2 Å². The Kier molecular flexibility index (Phi) is 43.1. The summed E-state index contributed by atoms with van der Waals surface area (Å²) in [6, 6.07) is 6.33. The molecule has 0 spiro atoms. The number of hydrogen-bond acceptors (Lipinski definition) is 46. The zero-order valence-electron chi connectivity index (χ0n) is 75.0. The number of alkyl halides is 3. The third kappa shape index (κ3) is 28.2. The zero-order valence-corrected chi connectivity index (χ0v) is 77.3. The molecule has 0 aliphatic carbocycles. The van der Waals surface area contributed by atoms with Crippen molar-refractivity contribution in [2.24, 2.45) is 5.11 Å². The third-order valence-electron chi connectivity index (χ3n) is 21.3. The summed E-state index contributed by atoms with van der Waals surface area (Å²) in [5.74, 6) is -9.39. The average molecular weight is 1930 g/mol. The number of carbonyl (C=O) groups excluding carboxylic acids is 9.